The molecule has 1 N–H and O–H groups in total. The second-order valence-electron chi connectivity index (χ2n) is 6.53. The van der Waals surface area contributed by atoms with Crippen molar-refractivity contribution in [3.8, 4) is 0 Å². The highest BCUT2D eigenvalue weighted by Crippen LogP contribution is 2.19. The van der Waals surface area contributed by atoms with E-state index in [1.54, 1.807) is 16.2 Å². The van der Waals surface area contributed by atoms with Gasteiger partial charge in [-0.05, 0) is 45.1 Å². The number of hydrogen-bond acceptors (Lipinski definition) is 4. The van der Waals surface area contributed by atoms with Crippen LogP contribution in [0.3, 0.4) is 0 Å². The predicted octanol–water partition coefficient (Wildman–Crippen LogP) is 2.66. The number of ether oxygens (including phenoxy) is 1. The van der Waals surface area contributed by atoms with Crippen LogP contribution in [0.2, 0.25) is 0 Å². The lowest BCUT2D eigenvalue weighted by Gasteiger charge is -2.24. The highest BCUT2D eigenvalue weighted by molar-refractivity contribution is 7.09. The molecule has 0 radical (unpaired) electrons. The standard InChI is InChI=1S/C16H24N2O3S/c1-16(2,3)21-15(20)18-9-7-12(11-18)14(19)17-8-6-13-5-4-10-22-13/h4-5,10,12H,6-9,11H2,1-3H3,(H,17,19)/t12-/m1/s1. The number of nitrogens with zero attached hydrogens (tertiary/aromatic N) is 1. The van der Waals surface area contributed by atoms with Crippen molar-refractivity contribution in [1.82, 2.24) is 10.2 Å². The number of amides is 2. The number of carbonyl (C=O) groups is 2. The van der Waals surface area contributed by atoms with Crippen molar-refractivity contribution >= 4 is 23.3 Å². The number of rotatable bonds is 4. The van der Waals surface area contributed by atoms with Crippen LogP contribution in [0.25, 0.3) is 0 Å². The van der Waals surface area contributed by atoms with Gasteiger partial charge in [0.2, 0.25) is 5.91 Å². The van der Waals surface area contributed by atoms with Gasteiger partial charge in [0.05, 0.1) is 5.92 Å². The molecule has 1 fully saturated rings. The number of carbonyl (C=O) groups excluding carboxylic acids is 2. The summed E-state index contributed by atoms with van der Waals surface area (Å²) < 4.78 is 5.34. The van der Waals surface area contributed by atoms with Gasteiger partial charge in [-0.3, -0.25) is 4.79 Å². The summed E-state index contributed by atoms with van der Waals surface area (Å²) in [5.41, 5.74) is -0.502. The van der Waals surface area contributed by atoms with Crippen LogP contribution in [0.4, 0.5) is 4.79 Å². The van der Waals surface area contributed by atoms with E-state index in [9.17, 15) is 9.59 Å². The molecule has 2 heterocycles. The van der Waals surface area contributed by atoms with E-state index >= 15 is 0 Å². The first-order valence-electron chi connectivity index (χ1n) is 7.63. The van der Waals surface area contributed by atoms with Crippen LogP contribution in [0.15, 0.2) is 17.5 Å². The summed E-state index contributed by atoms with van der Waals surface area (Å²) in [5.74, 6) is -0.0986. The summed E-state index contributed by atoms with van der Waals surface area (Å²) in [6.07, 6.45) is 1.22. The Labute approximate surface area is 135 Å². The SMILES string of the molecule is CC(C)(C)OC(=O)N1CC[C@@H](C(=O)NCCc2cccs2)C1. The van der Waals surface area contributed by atoms with E-state index in [0.717, 1.165) is 6.42 Å². The van der Waals surface area contributed by atoms with Gasteiger partial charge in [-0.1, -0.05) is 6.07 Å². The average molecular weight is 324 g/mol. The van der Waals surface area contributed by atoms with E-state index < -0.39 is 5.60 Å². The monoisotopic (exact) mass is 324 g/mol. The lowest BCUT2D eigenvalue weighted by Crippen LogP contribution is -2.38. The fourth-order valence-electron chi connectivity index (χ4n) is 2.37. The molecule has 1 aliphatic heterocycles. The van der Waals surface area contributed by atoms with E-state index in [-0.39, 0.29) is 17.9 Å². The van der Waals surface area contributed by atoms with Crippen LogP contribution in [-0.2, 0) is 16.0 Å². The van der Waals surface area contributed by atoms with Gasteiger partial charge < -0.3 is 15.0 Å². The minimum absolute atomic E-state index is 0.0302. The van der Waals surface area contributed by atoms with Gasteiger partial charge in [-0.15, -0.1) is 11.3 Å². The minimum atomic E-state index is -0.502. The first kappa shape index (κ1) is 16.8. The molecule has 0 saturated carbocycles. The quantitative estimate of drug-likeness (QED) is 0.926. The minimum Gasteiger partial charge on any atom is -0.444 e. The molecule has 1 aromatic heterocycles. The summed E-state index contributed by atoms with van der Waals surface area (Å²) in [6.45, 7) is 7.20. The van der Waals surface area contributed by atoms with E-state index in [1.807, 2.05) is 32.2 Å². The Kier molecular flexibility index (Phi) is 5.45. The van der Waals surface area contributed by atoms with Gasteiger partial charge >= 0.3 is 6.09 Å². The molecular formula is C16H24N2O3S. The second-order valence-corrected chi connectivity index (χ2v) is 7.56. The van der Waals surface area contributed by atoms with Crippen molar-refractivity contribution in [2.45, 2.75) is 39.2 Å². The fraction of sp³-hybridized carbons (Fsp3) is 0.625. The Bertz CT molecular complexity index is 508. The molecule has 2 rings (SSSR count). The first-order chi connectivity index (χ1) is 10.3. The molecular weight excluding hydrogens is 300 g/mol. The molecule has 122 valence electrons. The molecule has 2 amide bonds. The Hall–Kier alpha value is -1.56. The summed E-state index contributed by atoms with van der Waals surface area (Å²) in [5, 5.41) is 4.99. The van der Waals surface area contributed by atoms with E-state index in [1.165, 1.54) is 4.88 Å². The van der Waals surface area contributed by atoms with Crippen molar-refractivity contribution in [3.63, 3.8) is 0 Å². The molecule has 1 atom stereocenters. The van der Waals surface area contributed by atoms with Crippen molar-refractivity contribution in [2.24, 2.45) is 5.92 Å². The summed E-state index contributed by atoms with van der Waals surface area (Å²) in [4.78, 5) is 27.0. The van der Waals surface area contributed by atoms with Crippen LogP contribution in [-0.4, -0.2) is 42.1 Å². The fourth-order valence-corrected chi connectivity index (χ4v) is 3.08. The van der Waals surface area contributed by atoms with Crippen LogP contribution < -0.4 is 5.32 Å². The maximum Gasteiger partial charge on any atom is 0.410 e. The lowest BCUT2D eigenvalue weighted by atomic mass is 10.1. The van der Waals surface area contributed by atoms with Crippen LogP contribution in [0, 0.1) is 5.92 Å². The zero-order valence-corrected chi connectivity index (χ0v) is 14.2. The Balaban J connectivity index is 1.72. The zero-order valence-electron chi connectivity index (χ0n) is 13.4. The molecule has 1 aromatic rings. The smallest absolute Gasteiger partial charge is 0.410 e. The van der Waals surface area contributed by atoms with Crippen molar-refractivity contribution in [2.75, 3.05) is 19.6 Å². The van der Waals surface area contributed by atoms with Gasteiger partial charge in [0.25, 0.3) is 0 Å². The Morgan fingerprint density at radius 2 is 2.23 bits per heavy atom. The molecule has 6 heteroatoms. The normalized spacial score (nSPS) is 18.3. The number of nitrogens with one attached hydrogen (secondary N) is 1. The molecule has 5 nitrogen and oxygen atoms in total. The Morgan fingerprint density at radius 1 is 1.45 bits per heavy atom. The third-order valence-electron chi connectivity index (χ3n) is 3.46. The van der Waals surface area contributed by atoms with Gasteiger partial charge in [-0.2, -0.15) is 0 Å². The lowest BCUT2D eigenvalue weighted by molar-refractivity contribution is -0.124. The Morgan fingerprint density at radius 3 is 2.86 bits per heavy atom. The molecule has 0 aliphatic carbocycles. The molecule has 0 bridgehead atoms. The largest absolute Gasteiger partial charge is 0.444 e. The maximum atomic E-state index is 12.1. The summed E-state index contributed by atoms with van der Waals surface area (Å²) >= 11 is 1.70. The number of thiophene rings is 1. The molecule has 1 saturated heterocycles. The predicted molar refractivity (Wildman–Crippen MR) is 86.9 cm³/mol. The summed E-state index contributed by atoms with van der Waals surface area (Å²) in [7, 11) is 0. The topological polar surface area (TPSA) is 58.6 Å². The first-order valence-corrected chi connectivity index (χ1v) is 8.51. The van der Waals surface area contributed by atoms with Gasteiger partial charge in [0.1, 0.15) is 5.60 Å². The van der Waals surface area contributed by atoms with Gasteiger partial charge in [0.15, 0.2) is 0 Å². The third kappa shape index (κ3) is 5.02. The van der Waals surface area contributed by atoms with Crippen molar-refractivity contribution < 1.29 is 14.3 Å². The van der Waals surface area contributed by atoms with Crippen LogP contribution >= 0.6 is 11.3 Å². The van der Waals surface area contributed by atoms with Crippen LogP contribution in [0.5, 0.6) is 0 Å². The molecule has 0 spiro atoms. The molecule has 1 aliphatic rings. The highest BCUT2D eigenvalue weighted by Gasteiger charge is 2.33. The van der Waals surface area contributed by atoms with E-state index in [0.29, 0.717) is 26.1 Å². The highest BCUT2D eigenvalue weighted by atomic mass is 32.1. The van der Waals surface area contributed by atoms with Gasteiger partial charge in [0, 0.05) is 24.5 Å². The van der Waals surface area contributed by atoms with Crippen molar-refractivity contribution in [3.05, 3.63) is 22.4 Å². The number of hydrogen-bond donors (Lipinski definition) is 1. The number of likely N-dealkylation sites (tertiary alicyclic amines) is 1. The van der Waals surface area contributed by atoms with Gasteiger partial charge in [-0.25, -0.2) is 4.79 Å². The maximum absolute atomic E-state index is 12.1. The van der Waals surface area contributed by atoms with Crippen molar-refractivity contribution in [1.29, 1.82) is 0 Å². The van der Waals surface area contributed by atoms with E-state index in [4.69, 9.17) is 4.74 Å². The molecule has 0 aromatic carbocycles. The molecule has 0 unspecified atom stereocenters. The van der Waals surface area contributed by atoms with E-state index in [2.05, 4.69) is 11.4 Å². The van der Waals surface area contributed by atoms with Crippen LogP contribution in [0.1, 0.15) is 32.1 Å². The second kappa shape index (κ2) is 7.13. The average Bonchev–Trinajstić information content (AvgIpc) is 3.08. The zero-order chi connectivity index (χ0) is 16.2. The molecule has 22 heavy (non-hydrogen) atoms. The third-order valence-corrected chi connectivity index (χ3v) is 4.40. The summed E-state index contributed by atoms with van der Waals surface area (Å²) in [6, 6.07) is 4.08.